The number of carboxylic acids is 1. The third-order valence-corrected chi connectivity index (χ3v) is 3.86. The molecule has 0 aliphatic carbocycles. The summed E-state index contributed by atoms with van der Waals surface area (Å²) in [7, 11) is 0. The molecule has 2 rings (SSSR count). The lowest BCUT2D eigenvalue weighted by atomic mass is 10.2. The van der Waals surface area contributed by atoms with Crippen LogP contribution in [0.25, 0.3) is 10.1 Å². The van der Waals surface area contributed by atoms with Gasteiger partial charge in [-0.15, -0.1) is 11.3 Å². The maximum Gasteiger partial charge on any atom is 0.305 e. The molecule has 0 bridgehead atoms. The van der Waals surface area contributed by atoms with E-state index >= 15 is 0 Å². The Hall–Kier alpha value is -1.62. The number of rotatable bonds is 5. The van der Waals surface area contributed by atoms with Crippen LogP contribution < -0.4 is 4.90 Å². The van der Waals surface area contributed by atoms with Crippen LogP contribution in [0.5, 0.6) is 0 Å². The minimum Gasteiger partial charge on any atom is -0.481 e. The molecule has 0 amide bonds. The van der Waals surface area contributed by atoms with Gasteiger partial charge in [-0.1, -0.05) is 0 Å². The average Bonchev–Trinajstić information content (AvgIpc) is 2.77. The van der Waals surface area contributed by atoms with E-state index < -0.39 is 5.97 Å². The molecule has 2 heterocycles. The number of hydrogen-bond donors (Lipinski definition) is 1. The van der Waals surface area contributed by atoms with Gasteiger partial charge < -0.3 is 10.0 Å². The molecule has 0 fully saturated rings. The molecule has 0 spiro atoms. The molecule has 1 N–H and O–H groups in total. The van der Waals surface area contributed by atoms with Crippen LogP contribution in [0.15, 0.2) is 23.7 Å². The van der Waals surface area contributed by atoms with E-state index in [1.165, 1.54) is 4.70 Å². The summed E-state index contributed by atoms with van der Waals surface area (Å²) >= 11 is 1.67. The number of anilines is 1. The first-order valence-corrected chi connectivity index (χ1v) is 6.82. The lowest BCUT2D eigenvalue weighted by molar-refractivity contribution is -0.137. The Bertz CT molecular complexity index is 553. The Balaban J connectivity index is 2.37. The van der Waals surface area contributed by atoms with Crippen LogP contribution >= 0.6 is 11.3 Å². The zero-order valence-corrected chi connectivity index (χ0v) is 11.3. The number of nitrogens with zero attached hydrogens (tertiary/aromatic N) is 2. The SMILES string of the molecule is CCN(c1nccc2sccc12)C(C)CC(=O)O. The molecule has 4 nitrogen and oxygen atoms in total. The summed E-state index contributed by atoms with van der Waals surface area (Å²) in [5.74, 6) is 0.100. The molecular formula is C13H16N2O2S. The topological polar surface area (TPSA) is 53.4 Å². The van der Waals surface area contributed by atoms with E-state index in [4.69, 9.17) is 5.11 Å². The van der Waals surface area contributed by atoms with Crippen molar-refractivity contribution in [2.75, 3.05) is 11.4 Å². The van der Waals surface area contributed by atoms with Gasteiger partial charge in [0.15, 0.2) is 0 Å². The zero-order chi connectivity index (χ0) is 13.1. The molecule has 96 valence electrons. The zero-order valence-electron chi connectivity index (χ0n) is 10.5. The Morgan fingerprint density at radius 3 is 3.00 bits per heavy atom. The molecule has 1 unspecified atom stereocenters. The van der Waals surface area contributed by atoms with Crippen LogP contribution in [-0.4, -0.2) is 28.6 Å². The predicted molar refractivity (Wildman–Crippen MR) is 74.4 cm³/mol. The molecule has 0 saturated heterocycles. The van der Waals surface area contributed by atoms with Crippen LogP contribution in [0.2, 0.25) is 0 Å². The van der Waals surface area contributed by atoms with Gasteiger partial charge in [0.1, 0.15) is 5.82 Å². The monoisotopic (exact) mass is 264 g/mol. The van der Waals surface area contributed by atoms with Crippen molar-refractivity contribution in [3.63, 3.8) is 0 Å². The number of carbonyl (C=O) groups is 1. The number of thiophene rings is 1. The van der Waals surface area contributed by atoms with Crippen LogP contribution in [-0.2, 0) is 4.79 Å². The third kappa shape index (κ3) is 2.46. The number of aliphatic carboxylic acids is 1. The highest BCUT2D eigenvalue weighted by molar-refractivity contribution is 7.17. The van der Waals surface area contributed by atoms with E-state index in [0.29, 0.717) is 0 Å². The number of carboxylic acid groups (broad SMARTS) is 1. The van der Waals surface area contributed by atoms with E-state index in [0.717, 1.165) is 17.7 Å². The van der Waals surface area contributed by atoms with Gasteiger partial charge in [0.05, 0.1) is 6.42 Å². The van der Waals surface area contributed by atoms with E-state index in [1.807, 2.05) is 36.3 Å². The maximum atomic E-state index is 10.8. The van der Waals surface area contributed by atoms with Crippen LogP contribution in [0, 0.1) is 0 Å². The third-order valence-electron chi connectivity index (χ3n) is 2.97. The van der Waals surface area contributed by atoms with Crippen molar-refractivity contribution < 1.29 is 9.90 Å². The molecule has 2 aromatic rings. The molecule has 0 saturated carbocycles. The predicted octanol–water partition coefficient (Wildman–Crippen LogP) is 2.99. The molecule has 5 heteroatoms. The first-order valence-electron chi connectivity index (χ1n) is 5.94. The highest BCUT2D eigenvalue weighted by Gasteiger charge is 2.19. The highest BCUT2D eigenvalue weighted by atomic mass is 32.1. The smallest absolute Gasteiger partial charge is 0.305 e. The quantitative estimate of drug-likeness (QED) is 0.902. The fraction of sp³-hybridized carbons (Fsp3) is 0.385. The Kier molecular flexibility index (Phi) is 3.81. The van der Waals surface area contributed by atoms with Crippen LogP contribution in [0.3, 0.4) is 0 Å². The number of hydrogen-bond acceptors (Lipinski definition) is 4. The van der Waals surface area contributed by atoms with Crippen molar-refractivity contribution in [2.24, 2.45) is 0 Å². The first-order chi connectivity index (χ1) is 8.63. The Labute approximate surface area is 110 Å². The van der Waals surface area contributed by atoms with Gasteiger partial charge in [-0.3, -0.25) is 4.79 Å². The number of fused-ring (bicyclic) bond motifs is 1. The van der Waals surface area contributed by atoms with E-state index in [1.54, 1.807) is 17.5 Å². The average molecular weight is 264 g/mol. The van der Waals surface area contributed by atoms with Gasteiger partial charge in [0.25, 0.3) is 0 Å². The fourth-order valence-electron chi connectivity index (χ4n) is 2.14. The second-order valence-corrected chi connectivity index (χ2v) is 5.15. The summed E-state index contributed by atoms with van der Waals surface area (Å²) in [5.41, 5.74) is 0. The van der Waals surface area contributed by atoms with Crippen molar-refractivity contribution >= 4 is 33.2 Å². The number of aromatic nitrogens is 1. The standard InChI is InChI=1S/C13H16N2O2S/c1-3-15(9(2)8-12(16)17)13-10-5-7-18-11(10)4-6-14-13/h4-7,9H,3,8H2,1-2H3,(H,16,17). The first kappa shape index (κ1) is 12.8. The molecule has 0 aliphatic heterocycles. The summed E-state index contributed by atoms with van der Waals surface area (Å²) in [6.45, 7) is 4.69. The maximum absolute atomic E-state index is 10.8. The minimum atomic E-state index is -0.779. The Morgan fingerprint density at radius 1 is 1.56 bits per heavy atom. The summed E-state index contributed by atoms with van der Waals surface area (Å²) in [4.78, 5) is 17.3. The van der Waals surface area contributed by atoms with Gasteiger partial charge in [0.2, 0.25) is 0 Å². The summed E-state index contributed by atoms with van der Waals surface area (Å²) in [5, 5.41) is 12.0. The summed E-state index contributed by atoms with van der Waals surface area (Å²) in [6.07, 6.45) is 1.90. The molecule has 0 radical (unpaired) electrons. The van der Waals surface area contributed by atoms with Gasteiger partial charge in [0, 0.05) is 28.9 Å². The van der Waals surface area contributed by atoms with Gasteiger partial charge >= 0.3 is 5.97 Å². The van der Waals surface area contributed by atoms with Crippen LogP contribution in [0.1, 0.15) is 20.3 Å². The van der Waals surface area contributed by atoms with Crippen molar-refractivity contribution in [2.45, 2.75) is 26.3 Å². The molecule has 2 aromatic heterocycles. The van der Waals surface area contributed by atoms with E-state index in [9.17, 15) is 4.79 Å². The van der Waals surface area contributed by atoms with Crippen molar-refractivity contribution in [3.8, 4) is 0 Å². The molecule has 0 aromatic carbocycles. The molecule has 18 heavy (non-hydrogen) atoms. The van der Waals surface area contributed by atoms with Gasteiger partial charge in [-0.25, -0.2) is 4.98 Å². The van der Waals surface area contributed by atoms with E-state index in [2.05, 4.69) is 4.98 Å². The number of pyridine rings is 1. The fourth-order valence-corrected chi connectivity index (χ4v) is 2.92. The lowest BCUT2D eigenvalue weighted by Crippen LogP contribution is -2.35. The summed E-state index contributed by atoms with van der Waals surface area (Å²) < 4.78 is 1.18. The molecule has 0 aliphatic rings. The molecule has 1 atom stereocenters. The van der Waals surface area contributed by atoms with Crippen LogP contribution in [0.4, 0.5) is 5.82 Å². The van der Waals surface area contributed by atoms with Gasteiger partial charge in [-0.2, -0.15) is 0 Å². The summed E-state index contributed by atoms with van der Waals surface area (Å²) in [6, 6.07) is 3.96. The lowest BCUT2D eigenvalue weighted by Gasteiger charge is -2.28. The second kappa shape index (κ2) is 5.35. The Morgan fingerprint density at radius 2 is 2.33 bits per heavy atom. The molecular weight excluding hydrogens is 248 g/mol. The van der Waals surface area contributed by atoms with Crippen molar-refractivity contribution in [1.82, 2.24) is 4.98 Å². The van der Waals surface area contributed by atoms with Gasteiger partial charge in [-0.05, 0) is 31.4 Å². The largest absolute Gasteiger partial charge is 0.481 e. The second-order valence-electron chi connectivity index (χ2n) is 4.20. The van der Waals surface area contributed by atoms with Crippen molar-refractivity contribution in [1.29, 1.82) is 0 Å². The minimum absolute atomic E-state index is 0.0644. The van der Waals surface area contributed by atoms with E-state index in [-0.39, 0.29) is 12.5 Å². The van der Waals surface area contributed by atoms with Crippen molar-refractivity contribution in [3.05, 3.63) is 23.7 Å². The highest BCUT2D eigenvalue weighted by Crippen LogP contribution is 2.29. The normalized spacial score (nSPS) is 12.6.